The molecule has 4 fully saturated rings. The molecule has 2 heterocycles. The van der Waals surface area contributed by atoms with Gasteiger partial charge >= 0.3 is 174 Å². The number of carboxylic acids is 1. The Morgan fingerprint density at radius 2 is 1.93 bits per heavy atom. The summed E-state index contributed by atoms with van der Waals surface area (Å²) in [4.78, 5) is 11.1. The Kier molecular flexibility index (Phi) is 5.66. The summed E-state index contributed by atoms with van der Waals surface area (Å²) in [5.74, 6) is 3.69. The van der Waals surface area contributed by atoms with Crippen molar-refractivity contribution in [2.75, 3.05) is 4.43 Å². The molecule has 1 N–H and O–H groups in total. The third-order valence-electron chi connectivity index (χ3n) is 9.43. The summed E-state index contributed by atoms with van der Waals surface area (Å²) < 4.78 is 3.57. The van der Waals surface area contributed by atoms with Gasteiger partial charge in [-0.15, -0.1) is 0 Å². The van der Waals surface area contributed by atoms with E-state index in [9.17, 15) is 4.79 Å². The first-order valence-corrected chi connectivity index (χ1v) is 15.5. The van der Waals surface area contributed by atoms with Crippen LogP contribution in [0.5, 0.6) is 0 Å². The normalized spacial score (nSPS) is 49.0. The molecule has 4 rings (SSSR count). The van der Waals surface area contributed by atoms with Crippen LogP contribution in [0.15, 0.2) is 0 Å². The molecule has 27 heavy (non-hydrogen) atoms. The summed E-state index contributed by atoms with van der Waals surface area (Å²) in [7, 11) is 0. The minimum atomic E-state index is -0.869. The van der Waals surface area contributed by atoms with E-state index < -0.39 is 25.8 Å². The fourth-order valence-electron chi connectivity index (χ4n) is 8.11. The van der Waals surface area contributed by atoms with E-state index in [1.54, 1.807) is 4.43 Å². The van der Waals surface area contributed by atoms with Crippen molar-refractivity contribution in [3.8, 4) is 0 Å². The molecular formula is C24H41IO2. The van der Waals surface area contributed by atoms with Gasteiger partial charge in [0, 0.05) is 0 Å². The Hall–Kier alpha value is 0.200. The number of carboxylic acid groups (broad SMARTS) is 1. The molecule has 0 aromatic carbocycles. The van der Waals surface area contributed by atoms with Crippen LogP contribution in [-0.4, -0.2) is 22.8 Å². The summed E-state index contributed by atoms with van der Waals surface area (Å²) in [6, 6.07) is 0. The third-order valence-corrected chi connectivity index (χ3v) is 19.0. The van der Waals surface area contributed by atoms with Crippen LogP contribution >= 0.6 is 19.8 Å². The van der Waals surface area contributed by atoms with Gasteiger partial charge in [0.25, 0.3) is 0 Å². The molecule has 3 heteroatoms. The fraction of sp³-hybridized carbons (Fsp3) is 0.958. The number of fused-ring (bicyclic) bond motifs is 5. The molecule has 8 atom stereocenters. The predicted molar refractivity (Wildman–Crippen MR) is 122 cm³/mol. The van der Waals surface area contributed by atoms with E-state index in [2.05, 4.69) is 27.7 Å². The molecule has 0 aromatic rings. The van der Waals surface area contributed by atoms with E-state index in [0.717, 1.165) is 37.4 Å². The SMILES string of the molecule is CC1CCI2C3CC[C@]4(C)C(C(C)CCC(=O)O)CCC4C3CC[C@]2(C)C1. The quantitative estimate of drug-likeness (QED) is 0.350. The Bertz CT molecular complexity index is 577. The number of rotatable bonds is 4. The van der Waals surface area contributed by atoms with E-state index in [1.165, 1.54) is 51.4 Å². The van der Waals surface area contributed by atoms with Gasteiger partial charge < -0.3 is 0 Å². The van der Waals surface area contributed by atoms with Crippen LogP contribution in [-0.2, 0) is 4.79 Å². The molecule has 2 saturated heterocycles. The zero-order chi connectivity index (χ0) is 19.4. The minimum absolute atomic E-state index is 0.358. The zero-order valence-corrected chi connectivity index (χ0v) is 20.1. The van der Waals surface area contributed by atoms with Gasteiger partial charge in [0.05, 0.1) is 0 Å². The first-order chi connectivity index (χ1) is 12.7. The van der Waals surface area contributed by atoms with Gasteiger partial charge in [-0.3, -0.25) is 0 Å². The van der Waals surface area contributed by atoms with Crippen LogP contribution in [0, 0.1) is 35.0 Å². The number of hydrogen-bond donors (Lipinski definition) is 1. The molecule has 156 valence electrons. The van der Waals surface area contributed by atoms with E-state index in [0.29, 0.717) is 17.8 Å². The summed E-state index contributed by atoms with van der Waals surface area (Å²) in [5.41, 5.74) is 0.506. The number of halogens is 1. The Morgan fingerprint density at radius 1 is 1.15 bits per heavy atom. The molecule has 0 amide bonds. The second-order valence-corrected chi connectivity index (χ2v) is 18.6. The summed E-state index contributed by atoms with van der Waals surface area (Å²) in [6.45, 7) is 10.2. The van der Waals surface area contributed by atoms with Crippen LogP contribution in [0.3, 0.4) is 0 Å². The molecule has 0 bridgehead atoms. The van der Waals surface area contributed by atoms with E-state index in [4.69, 9.17) is 5.11 Å². The predicted octanol–water partition coefficient (Wildman–Crippen LogP) is 6.79. The zero-order valence-electron chi connectivity index (χ0n) is 18.0. The first-order valence-electron chi connectivity index (χ1n) is 11.6. The molecule has 0 aromatic heterocycles. The maximum atomic E-state index is 11.1. The van der Waals surface area contributed by atoms with Crippen molar-refractivity contribution < 1.29 is 9.90 Å². The van der Waals surface area contributed by atoms with Crippen molar-refractivity contribution in [3.63, 3.8) is 0 Å². The molecule has 6 unspecified atom stereocenters. The molecular weight excluding hydrogens is 447 g/mol. The van der Waals surface area contributed by atoms with Crippen LogP contribution in [0.25, 0.3) is 0 Å². The summed E-state index contributed by atoms with van der Waals surface area (Å²) in [5, 5.41) is 9.11. The fourth-order valence-corrected chi connectivity index (χ4v) is 19.2. The van der Waals surface area contributed by atoms with Crippen molar-refractivity contribution in [2.24, 2.45) is 35.0 Å². The maximum absolute atomic E-state index is 11.1. The second-order valence-electron chi connectivity index (χ2n) is 11.1. The van der Waals surface area contributed by atoms with E-state index in [1.807, 2.05) is 0 Å². The van der Waals surface area contributed by atoms with E-state index >= 15 is 0 Å². The Morgan fingerprint density at radius 3 is 2.67 bits per heavy atom. The van der Waals surface area contributed by atoms with Crippen LogP contribution in [0.1, 0.15) is 91.9 Å². The molecule has 2 aliphatic heterocycles. The van der Waals surface area contributed by atoms with E-state index in [-0.39, 0.29) is 0 Å². The second kappa shape index (κ2) is 7.47. The number of alkyl halides is 3. The average molecular weight is 488 g/mol. The van der Waals surface area contributed by atoms with Crippen molar-refractivity contribution in [3.05, 3.63) is 0 Å². The third kappa shape index (κ3) is 3.50. The molecule has 4 aliphatic rings. The first kappa shape index (κ1) is 20.5. The van der Waals surface area contributed by atoms with Gasteiger partial charge in [0.2, 0.25) is 0 Å². The topological polar surface area (TPSA) is 37.3 Å². The van der Waals surface area contributed by atoms with Crippen molar-refractivity contribution in [1.29, 1.82) is 0 Å². The molecule has 0 radical (unpaired) electrons. The van der Waals surface area contributed by atoms with Gasteiger partial charge in [0.15, 0.2) is 0 Å². The van der Waals surface area contributed by atoms with Crippen molar-refractivity contribution in [1.82, 2.24) is 0 Å². The number of hydrogen-bond acceptors (Lipinski definition) is 1. The standard InChI is InChI=1S/C24H41IO2/c1-16-11-14-25-21-10-13-24(4)19(17(2)5-8-22(26)27)6-7-20(24)18(21)9-12-23(25,3)15-16/h16-21H,5-15H2,1-4H3,(H,26,27)/t16?,17?,18?,19?,20?,21?,23-,24-/m1/s1. The molecule has 2 aliphatic carbocycles. The molecule has 0 spiro atoms. The summed E-state index contributed by atoms with van der Waals surface area (Å²) in [6.07, 6.45) is 13.1. The van der Waals surface area contributed by atoms with Gasteiger partial charge in [-0.25, -0.2) is 0 Å². The van der Waals surface area contributed by atoms with Gasteiger partial charge in [-0.2, -0.15) is 0 Å². The summed E-state index contributed by atoms with van der Waals surface area (Å²) >= 11 is -0.869. The van der Waals surface area contributed by atoms with Crippen molar-refractivity contribution >= 4 is 25.8 Å². The Balaban J connectivity index is 1.50. The van der Waals surface area contributed by atoms with Crippen LogP contribution < -0.4 is 0 Å². The van der Waals surface area contributed by atoms with Gasteiger partial charge in [0.1, 0.15) is 0 Å². The average Bonchev–Trinajstić information content (AvgIpc) is 2.95. The van der Waals surface area contributed by atoms with Crippen LogP contribution in [0.2, 0.25) is 0 Å². The molecule has 2 saturated carbocycles. The van der Waals surface area contributed by atoms with Gasteiger partial charge in [-0.05, 0) is 0 Å². The van der Waals surface area contributed by atoms with Crippen molar-refractivity contribution in [2.45, 2.75) is 99.2 Å². The monoisotopic (exact) mass is 488 g/mol. The number of carbonyl (C=O) groups is 1. The van der Waals surface area contributed by atoms with Crippen LogP contribution in [0.4, 0.5) is 0 Å². The molecule has 2 nitrogen and oxygen atoms in total. The number of aliphatic carboxylic acids is 1. The van der Waals surface area contributed by atoms with Gasteiger partial charge in [-0.1, -0.05) is 0 Å². The Labute approximate surface area is 174 Å².